The topological polar surface area (TPSA) is 78.4 Å². The summed E-state index contributed by atoms with van der Waals surface area (Å²) in [6.07, 6.45) is 6.07. The number of aryl methyl sites for hydroxylation is 1. The molecular weight excluding hydrogens is 615 g/mol. The Bertz CT molecular complexity index is 1850. The molecule has 0 fully saturated rings. The summed E-state index contributed by atoms with van der Waals surface area (Å²) in [4.78, 5) is 10.2. The lowest BCUT2D eigenvalue weighted by Gasteiger charge is -2.19. The number of carboxylic acids is 1. The Morgan fingerprint density at radius 3 is 2.13 bits per heavy atom. The largest absolute Gasteiger partial charge is 0.545 e. The lowest BCUT2D eigenvalue weighted by Crippen LogP contribution is -2.36. The Hall–Kier alpha value is -5.24. The third-order valence-electron chi connectivity index (χ3n) is 7.71. The highest BCUT2D eigenvalue weighted by Gasteiger charge is 2.24. The average Bonchev–Trinajstić information content (AvgIpc) is 3.54. The molecule has 5 aromatic carbocycles. The van der Waals surface area contributed by atoms with Gasteiger partial charge in [0.2, 0.25) is 6.33 Å². The summed E-state index contributed by atoms with van der Waals surface area (Å²) >= 11 is 6.16. The molecule has 8 heteroatoms. The van der Waals surface area contributed by atoms with Gasteiger partial charge in [-0.3, -0.25) is 0 Å². The van der Waals surface area contributed by atoms with Crippen molar-refractivity contribution in [2.75, 3.05) is 0 Å². The van der Waals surface area contributed by atoms with Crippen LogP contribution in [-0.4, -0.2) is 15.6 Å². The lowest BCUT2D eigenvalue weighted by atomic mass is 9.98. The molecule has 2 atom stereocenters. The molecule has 2 unspecified atom stereocenters. The second-order valence-electron chi connectivity index (χ2n) is 11.0. The molecule has 0 bridgehead atoms. The van der Waals surface area contributed by atoms with E-state index < -0.39 is 5.97 Å². The minimum Gasteiger partial charge on any atom is -0.545 e. The predicted octanol–water partition coefficient (Wildman–Crippen LogP) is 7.23. The number of hydrogen-bond acceptors (Lipinski definition) is 4. The predicted molar refractivity (Wildman–Crippen MR) is 177 cm³/mol. The van der Waals surface area contributed by atoms with Crippen LogP contribution >= 0.6 is 11.6 Å². The smallest absolute Gasteiger partial charge is 0.244 e. The van der Waals surface area contributed by atoms with Crippen molar-refractivity contribution in [3.05, 3.63) is 190 Å². The van der Waals surface area contributed by atoms with Crippen LogP contribution in [0.1, 0.15) is 50.3 Å². The first kappa shape index (κ1) is 33.1. The maximum atomic E-state index is 13.7. The Balaban J connectivity index is 0.000000371. The molecule has 0 saturated heterocycles. The number of hydrogen-bond donors (Lipinski definition) is 1. The van der Waals surface area contributed by atoms with Gasteiger partial charge in [-0.1, -0.05) is 103 Å². The number of halogens is 2. The van der Waals surface area contributed by atoms with Crippen molar-refractivity contribution in [1.29, 1.82) is 0 Å². The van der Waals surface area contributed by atoms with Crippen molar-refractivity contribution in [3.8, 4) is 5.75 Å². The maximum absolute atomic E-state index is 13.7. The summed E-state index contributed by atoms with van der Waals surface area (Å²) < 4.78 is 24.5. The van der Waals surface area contributed by atoms with Crippen molar-refractivity contribution < 1.29 is 28.7 Å². The van der Waals surface area contributed by atoms with Crippen molar-refractivity contribution in [2.24, 2.45) is 0 Å². The molecule has 6 nitrogen and oxygen atoms in total. The Morgan fingerprint density at radius 1 is 0.872 bits per heavy atom. The molecule has 6 rings (SSSR count). The number of carbonyl (C=O) groups excluding carboxylic acids is 1. The first-order valence-electron chi connectivity index (χ1n) is 15.1. The molecule has 6 aromatic rings. The van der Waals surface area contributed by atoms with Crippen LogP contribution in [0, 0.1) is 12.7 Å². The van der Waals surface area contributed by atoms with E-state index in [2.05, 4.69) is 71.2 Å². The minimum absolute atomic E-state index is 0.123. The fourth-order valence-corrected chi connectivity index (χ4v) is 5.42. The van der Waals surface area contributed by atoms with E-state index in [1.165, 1.54) is 41.5 Å². The van der Waals surface area contributed by atoms with Gasteiger partial charge in [-0.05, 0) is 60.0 Å². The third-order valence-corrected chi connectivity index (χ3v) is 7.96. The Morgan fingerprint density at radius 2 is 1.49 bits per heavy atom. The molecule has 1 N–H and O–H groups in total. The molecule has 0 aliphatic heterocycles. The fourth-order valence-electron chi connectivity index (χ4n) is 5.30. The fraction of sp³-hybridized carbons (Fsp3) is 0.128. The first-order valence-corrected chi connectivity index (χ1v) is 15.4. The van der Waals surface area contributed by atoms with Gasteiger partial charge in [0, 0.05) is 21.7 Å². The normalized spacial score (nSPS) is 12.1. The number of benzene rings is 5. The SMILES string of the molecule is Cc1ccccc1C(C[n+]1ccn(C(c2ccc(F)cc2)c2ccc(Cl)cc2)c1)OCc1ccccc1.O=C([O-])c1ccccc1O. The van der Waals surface area contributed by atoms with E-state index in [4.69, 9.17) is 21.4 Å². The number of rotatable bonds is 10. The maximum Gasteiger partial charge on any atom is 0.244 e. The molecular formula is C39H34ClFN2O4. The number of aromatic hydroxyl groups is 1. The number of para-hydroxylation sites is 1. The number of phenols is 1. The van der Waals surface area contributed by atoms with Crippen LogP contribution in [0.3, 0.4) is 0 Å². The minimum atomic E-state index is -1.36. The van der Waals surface area contributed by atoms with E-state index in [0.717, 1.165) is 16.7 Å². The van der Waals surface area contributed by atoms with Gasteiger partial charge < -0.3 is 19.7 Å². The van der Waals surface area contributed by atoms with Crippen molar-refractivity contribution in [1.82, 2.24) is 4.57 Å². The van der Waals surface area contributed by atoms with Crippen LogP contribution in [0.5, 0.6) is 5.75 Å². The van der Waals surface area contributed by atoms with Gasteiger partial charge in [-0.15, -0.1) is 0 Å². The molecule has 1 aromatic heterocycles. The first-order chi connectivity index (χ1) is 22.8. The zero-order valence-electron chi connectivity index (χ0n) is 25.7. The number of aromatic nitrogens is 2. The standard InChI is InChI=1S/C32H29ClFN2O.C7H6O3/c1-24-7-5-6-10-30(24)31(37-22-25-8-3-2-4-9-25)21-35-19-20-36(23-35)32(26-11-15-28(33)16-12-26)27-13-17-29(34)18-14-27;8-6-4-2-1-3-5(6)7(9)10/h2-20,23,31-32H,21-22H2,1H3;1-4,8H,(H,9,10)/q+1;/p-1. The summed E-state index contributed by atoms with van der Waals surface area (Å²) in [6, 6.07) is 38.6. The molecule has 238 valence electrons. The second kappa shape index (κ2) is 15.9. The van der Waals surface area contributed by atoms with E-state index in [1.54, 1.807) is 6.07 Å². The number of nitrogens with zero attached hydrogens (tertiary/aromatic N) is 2. The van der Waals surface area contributed by atoms with Crippen LogP contribution in [0.2, 0.25) is 5.02 Å². The molecule has 0 aliphatic rings. The summed E-state index contributed by atoms with van der Waals surface area (Å²) in [5.41, 5.74) is 5.39. The number of carbonyl (C=O) groups is 1. The van der Waals surface area contributed by atoms with E-state index in [0.29, 0.717) is 18.2 Å². The highest BCUT2D eigenvalue weighted by atomic mass is 35.5. The van der Waals surface area contributed by atoms with E-state index in [1.807, 2.05) is 54.6 Å². The molecule has 0 aliphatic carbocycles. The monoisotopic (exact) mass is 648 g/mol. The number of aromatic carboxylic acids is 1. The summed E-state index contributed by atoms with van der Waals surface area (Å²) in [6.45, 7) is 3.31. The van der Waals surface area contributed by atoms with Crippen LogP contribution in [-0.2, 0) is 17.9 Å². The Kier molecular flexibility index (Phi) is 11.2. The zero-order chi connectivity index (χ0) is 33.2. The van der Waals surface area contributed by atoms with Gasteiger partial charge in [0.1, 0.15) is 36.6 Å². The van der Waals surface area contributed by atoms with E-state index >= 15 is 0 Å². The van der Waals surface area contributed by atoms with Crippen molar-refractivity contribution >= 4 is 17.6 Å². The van der Waals surface area contributed by atoms with Gasteiger partial charge in [0.25, 0.3) is 0 Å². The van der Waals surface area contributed by atoms with Crippen LogP contribution in [0.4, 0.5) is 4.39 Å². The lowest BCUT2D eigenvalue weighted by molar-refractivity contribution is -0.705. The van der Waals surface area contributed by atoms with E-state index in [-0.39, 0.29) is 29.3 Å². The molecule has 0 saturated carbocycles. The summed E-state index contributed by atoms with van der Waals surface area (Å²) in [5.74, 6) is -1.88. The number of carboxylic acid groups (broad SMARTS) is 1. The summed E-state index contributed by atoms with van der Waals surface area (Å²) in [5, 5.41) is 19.7. The van der Waals surface area contributed by atoms with Crippen molar-refractivity contribution in [2.45, 2.75) is 32.2 Å². The van der Waals surface area contributed by atoms with Crippen LogP contribution in [0.15, 0.2) is 146 Å². The molecule has 0 radical (unpaired) electrons. The van der Waals surface area contributed by atoms with Crippen LogP contribution in [0.25, 0.3) is 0 Å². The third kappa shape index (κ3) is 8.94. The molecule has 47 heavy (non-hydrogen) atoms. The van der Waals surface area contributed by atoms with Gasteiger partial charge in [0.05, 0.1) is 12.6 Å². The second-order valence-corrected chi connectivity index (χ2v) is 11.4. The highest BCUT2D eigenvalue weighted by molar-refractivity contribution is 6.30. The average molecular weight is 649 g/mol. The number of ether oxygens (including phenoxy) is 1. The summed E-state index contributed by atoms with van der Waals surface area (Å²) in [7, 11) is 0. The Labute approximate surface area is 278 Å². The van der Waals surface area contributed by atoms with Gasteiger partial charge in [-0.25, -0.2) is 13.5 Å². The van der Waals surface area contributed by atoms with E-state index in [9.17, 15) is 14.3 Å². The van der Waals surface area contributed by atoms with Gasteiger partial charge in [0.15, 0.2) is 6.04 Å². The quantitative estimate of drug-likeness (QED) is 0.159. The van der Waals surface area contributed by atoms with Crippen molar-refractivity contribution in [3.63, 3.8) is 0 Å². The molecule has 0 spiro atoms. The highest BCUT2D eigenvalue weighted by Crippen LogP contribution is 2.28. The van der Waals surface area contributed by atoms with Crippen LogP contribution < -0.4 is 9.67 Å². The molecule has 1 heterocycles. The van der Waals surface area contributed by atoms with Gasteiger partial charge in [-0.2, -0.15) is 0 Å². The van der Waals surface area contributed by atoms with Gasteiger partial charge >= 0.3 is 0 Å². The molecule has 0 amide bonds. The zero-order valence-corrected chi connectivity index (χ0v) is 26.5. The number of imidazole rings is 1.